The Balaban J connectivity index is 1.73. The van der Waals surface area contributed by atoms with Crippen molar-refractivity contribution in [1.82, 2.24) is 15.6 Å². The van der Waals surface area contributed by atoms with E-state index in [0.717, 1.165) is 36.8 Å². The lowest BCUT2D eigenvalue weighted by Gasteiger charge is -2.26. The fourth-order valence-electron chi connectivity index (χ4n) is 3.13. The number of aromatic nitrogens is 1. The van der Waals surface area contributed by atoms with E-state index in [4.69, 9.17) is 0 Å². The van der Waals surface area contributed by atoms with Crippen LogP contribution in [0.4, 0.5) is 0 Å². The van der Waals surface area contributed by atoms with E-state index < -0.39 is 0 Å². The standard InChI is InChI=1S/C17H23N3O/c1-17(2)10-13(7-8-18-11-17)19-16(21)15-9-12-5-3-4-6-14(12)20-15/h3-6,9,13,18,20H,7-8,10-11H2,1-2H3,(H,19,21). The smallest absolute Gasteiger partial charge is 0.267 e. The van der Waals surface area contributed by atoms with E-state index in [1.807, 2.05) is 30.3 Å². The van der Waals surface area contributed by atoms with Gasteiger partial charge in [0.25, 0.3) is 5.91 Å². The maximum atomic E-state index is 12.4. The number of carbonyl (C=O) groups is 1. The molecule has 1 aliphatic rings. The van der Waals surface area contributed by atoms with E-state index in [-0.39, 0.29) is 17.4 Å². The lowest BCUT2D eigenvalue weighted by molar-refractivity contribution is 0.0922. The molecule has 2 aromatic rings. The molecule has 3 N–H and O–H groups in total. The zero-order valence-corrected chi connectivity index (χ0v) is 12.7. The van der Waals surface area contributed by atoms with E-state index in [2.05, 4.69) is 29.5 Å². The van der Waals surface area contributed by atoms with Crippen LogP contribution in [0.25, 0.3) is 10.9 Å². The van der Waals surface area contributed by atoms with Gasteiger partial charge in [-0.1, -0.05) is 32.0 Å². The van der Waals surface area contributed by atoms with Gasteiger partial charge in [-0.05, 0) is 36.9 Å². The number of hydrogen-bond donors (Lipinski definition) is 3. The molecule has 1 aromatic carbocycles. The highest BCUT2D eigenvalue weighted by Crippen LogP contribution is 2.25. The molecule has 1 aromatic heterocycles. The Morgan fingerprint density at radius 1 is 1.33 bits per heavy atom. The maximum absolute atomic E-state index is 12.4. The molecule has 0 bridgehead atoms. The van der Waals surface area contributed by atoms with Gasteiger partial charge in [-0.15, -0.1) is 0 Å². The van der Waals surface area contributed by atoms with Crippen molar-refractivity contribution in [3.05, 3.63) is 36.0 Å². The SMILES string of the molecule is CC1(C)CNCCC(NC(=O)c2cc3ccccc3[nH]2)C1. The van der Waals surface area contributed by atoms with Crippen LogP contribution < -0.4 is 10.6 Å². The second kappa shape index (κ2) is 5.53. The molecule has 2 heterocycles. The second-order valence-corrected chi connectivity index (χ2v) is 6.77. The van der Waals surface area contributed by atoms with Crippen LogP contribution in [0.15, 0.2) is 30.3 Å². The van der Waals surface area contributed by atoms with E-state index in [0.29, 0.717) is 5.69 Å². The molecule has 1 aliphatic heterocycles. The summed E-state index contributed by atoms with van der Waals surface area (Å²) < 4.78 is 0. The second-order valence-electron chi connectivity index (χ2n) is 6.77. The van der Waals surface area contributed by atoms with Crippen LogP contribution in [0.5, 0.6) is 0 Å². The van der Waals surface area contributed by atoms with Crippen molar-refractivity contribution in [1.29, 1.82) is 0 Å². The lowest BCUT2D eigenvalue weighted by Crippen LogP contribution is -2.38. The van der Waals surface area contributed by atoms with Gasteiger partial charge >= 0.3 is 0 Å². The first kappa shape index (κ1) is 14.1. The molecule has 3 rings (SSSR count). The van der Waals surface area contributed by atoms with Gasteiger partial charge < -0.3 is 15.6 Å². The third-order valence-electron chi connectivity index (χ3n) is 4.18. The van der Waals surface area contributed by atoms with Gasteiger partial charge in [-0.2, -0.15) is 0 Å². The minimum absolute atomic E-state index is 0.00565. The largest absolute Gasteiger partial charge is 0.351 e. The molecule has 1 unspecified atom stereocenters. The van der Waals surface area contributed by atoms with Crippen molar-refractivity contribution < 1.29 is 4.79 Å². The Morgan fingerprint density at radius 2 is 2.14 bits per heavy atom. The van der Waals surface area contributed by atoms with Crippen molar-refractivity contribution in [3.63, 3.8) is 0 Å². The minimum atomic E-state index is -0.00565. The molecule has 1 amide bonds. The maximum Gasteiger partial charge on any atom is 0.267 e. The molecule has 0 saturated carbocycles. The molecule has 1 saturated heterocycles. The van der Waals surface area contributed by atoms with E-state index in [9.17, 15) is 4.79 Å². The summed E-state index contributed by atoms with van der Waals surface area (Å²) in [5, 5.41) is 7.70. The molecule has 4 nitrogen and oxygen atoms in total. The number of fused-ring (bicyclic) bond motifs is 1. The number of nitrogens with one attached hydrogen (secondary N) is 3. The summed E-state index contributed by atoms with van der Waals surface area (Å²) >= 11 is 0. The summed E-state index contributed by atoms with van der Waals surface area (Å²) in [7, 11) is 0. The Kier molecular flexibility index (Phi) is 3.72. The summed E-state index contributed by atoms with van der Waals surface area (Å²) in [6, 6.07) is 10.1. The van der Waals surface area contributed by atoms with Gasteiger partial charge in [0.1, 0.15) is 5.69 Å². The number of hydrogen-bond acceptors (Lipinski definition) is 2. The average molecular weight is 285 g/mol. The predicted molar refractivity (Wildman–Crippen MR) is 85.4 cm³/mol. The summed E-state index contributed by atoms with van der Waals surface area (Å²) in [5.41, 5.74) is 1.87. The van der Waals surface area contributed by atoms with Gasteiger partial charge in [0, 0.05) is 23.5 Å². The summed E-state index contributed by atoms with van der Waals surface area (Å²) in [6.45, 7) is 6.45. The van der Waals surface area contributed by atoms with Crippen LogP contribution in [0, 0.1) is 5.41 Å². The monoisotopic (exact) mass is 285 g/mol. The molecular weight excluding hydrogens is 262 g/mol. The minimum Gasteiger partial charge on any atom is -0.351 e. The Labute approximate surface area is 125 Å². The van der Waals surface area contributed by atoms with Crippen LogP contribution in [0.1, 0.15) is 37.2 Å². The van der Waals surface area contributed by atoms with Gasteiger partial charge in [0.15, 0.2) is 0 Å². The van der Waals surface area contributed by atoms with Gasteiger partial charge in [0.05, 0.1) is 0 Å². The first-order valence-corrected chi connectivity index (χ1v) is 7.63. The molecule has 112 valence electrons. The van der Waals surface area contributed by atoms with Crippen LogP contribution >= 0.6 is 0 Å². The Morgan fingerprint density at radius 3 is 2.95 bits per heavy atom. The third-order valence-corrected chi connectivity index (χ3v) is 4.18. The van der Waals surface area contributed by atoms with Crippen molar-refractivity contribution in [2.24, 2.45) is 5.41 Å². The third kappa shape index (κ3) is 3.27. The van der Waals surface area contributed by atoms with E-state index in [1.165, 1.54) is 0 Å². The van der Waals surface area contributed by atoms with E-state index in [1.54, 1.807) is 0 Å². The van der Waals surface area contributed by atoms with Gasteiger partial charge in [-0.3, -0.25) is 4.79 Å². The summed E-state index contributed by atoms with van der Waals surface area (Å²) in [6.07, 6.45) is 1.99. The Hall–Kier alpha value is -1.81. The van der Waals surface area contributed by atoms with Crippen LogP contribution in [-0.2, 0) is 0 Å². The number of carbonyl (C=O) groups excluding carboxylic acids is 1. The van der Waals surface area contributed by atoms with Gasteiger partial charge in [-0.25, -0.2) is 0 Å². The number of amides is 1. The summed E-state index contributed by atoms with van der Waals surface area (Å²) in [4.78, 5) is 15.6. The van der Waals surface area contributed by atoms with Crippen LogP contribution in [0.2, 0.25) is 0 Å². The van der Waals surface area contributed by atoms with Crippen LogP contribution in [0.3, 0.4) is 0 Å². The number of H-pyrrole nitrogens is 1. The zero-order chi connectivity index (χ0) is 14.9. The molecular formula is C17H23N3O. The molecule has 0 radical (unpaired) electrons. The quantitative estimate of drug-likeness (QED) is 0.794. The zero-order valence-electron chi connectivity index (χ0n) is 12.7. The summed E-state index contributed by atoms with van der Waals surface area (Å²) in [5.74, 6) is -0.00565. The molecule has 1 fully saturated rings. The highest BCUT2D eigenvalue weighted by Gasteiger charge is 2.27. The number of benzene rings is 1. The number of para-hydroxylation sites is 1. The molecule has 0 spiro atoms. The van der Waals surface area contributed by atoms with Gasteiger partial charge in [0.2, 0.25) is 0 Å². The van der Waals surface area contributed by atoms with Crippen LogP contribution in [-0.4, -0.2) is 30.0 Å². The van der Waals surface area contributed by atoms with E-state index >= 15 is 0 Å². The predicted octanol–water partition coefficient (Wildman–Crippen LogP) is 2.68. The highest BCUT2D eigenvalue weighted by atomic mass is 16.1. The Bertz CT molecular complexity index is 611. The molecule has 1 atom stereocenters. The van der Waals surface area contributed by atoms with Crippen molar-refractivity contribution in [3.8, 4) is 0 Å². The van der Waals surface area contributed by atoms with Crippen molar-refractivity contribution in [2.75, 3.05) is 13.1 Å². The lowest BCUT2D eigenvalue weighted by atomic mass is 9.86. The first-order valence-electron chi connectivity index (χ1n) is 7.63. The van der Waals surface area contributed by atoms with Crippen molar-refractivity contribution in [2.45, 2.75) is 32.7 Å². The average Bonchev–Trinajstić information content (AvgIpc) is 2.79. The van der Waals surface area contributed by atoms with Crippen molar-refractivity contribution >= 4 is 16.8 Å². The number of aromatic amines is 1. The first-order chi connectivity index (χ1) is 10.0. The molecule has 21 heavy (non-hydrogen) atoms. The fraction of sp³-hybridized carbons (Fsp3) is 0.471. The number of rotatable bonds is 2. The highest BCUT2D eigenvalue weighted by molar-refractivity contribution is 5.98. The molecule has 4 heteroatoms. The molecule has 0 aliphatic carbocycles. The normalized spacial score (nSPS) is 21.9. The topological polar surface area (TPSA) is 56.9 Å². The fourth-order valence-corrected chi connectivity index (χ4v) is 3.13.